The Balaban J connectivity index is 1.80. The van der Waals surface area contributed by atoms with Crippen LogP contribution >= 0.6 is 0 Å². The molecule has 0 spiro atoms. The lowest BCUT2D eigenvalue weighted by atomic mass is 9.98. The van der Waals surface area contributed by atoms with E-state index in [1.165, 1.54) is 7.11 Å². The molecule has 0 bridgehead atoms. The molecule has 0 radical (unpaired) electrons. The van der Waals surface area contributed by atoms with Crippen LogP contribution in [0.5, 0.6) is 11.5 Å². The molecule has 1 amide bonds. The van der Waals surface area contributed by atoms with Crippen molar-refractivity contribution in [2.24, 2.45) is 5.73 Å². The maximum atomic E-state index is 12.4. The molecule has 0 aliphatic carbocycles. The number of aromatic nitrogens is 1. The summed E-state index contributed by atoms with van der Waals surface area (Å²) in [6.45, 7) is 4.73. The highest BCUT2D eigenvalue weighted by Gasteiger charge is 2.24. The summed E-state index contributed by atoms with van der Waals surface area (Å²) < 4.78 is 17.8. The summed E-state index contributed by atoms with van der Waals surface area (Å²) in [4.78, 5) is 24.2. The van der Waals surface area contributed by atoms with Gasteiger partial charge >= 0.3 is 5.97 Å². The molecular weight excluding hydrogens is 396 g/mol. The van der Waals surface area contributed by atoms with Crippen molar-refractivity contribution in [3.05, 3.63) is 70.5 Å². The SMILES string of the molecule is CCc1c(-c2ccc(C(=O)OC)cc2)c(C(N)=O)c(C)n1Cc1ccc2c(c1)OCO2. The lowest BCUT2D eigenvalue weighted by Crippen LogP contribution is -2.13. The number of rotatable bonds is 6. The Bertz CT molecular complexity index is 1160. The largest absolute Gasteiger partial charge is 0.465 e. The number of esters is 1. The maximum absolute atomic E-state index is 12.4. The van der Waals surface area contributed by atoms with Gasteiger partial charge < -0.3 is 24.5 Å². The summed E-state index contributed by atoms with van der Waals surface area (Å²) in [6.07, 6.45) is 0.701. The van der Waals surface area contributed by atoms with Crippen LogP contribution in [0.3, 0.4) is 0 Å². The van der Waals surface area contributed by atoms with Crippen molar-refractivity contribution < 1.29 is 23.8 Å². The summed E-state index contributed by atoms with van der Waals surface area (Å²) in [6, 6.07) is 12.8. The van der Waals surface area contributed by atoms with E-state index >= 15 is 0 Å². The van der Waals surface area contributed by atoms with Gasteiger partial charge in [-0.15, -0.1) is 0 Å². The van der Waals surface area contributed by atoms with Crippen molar-refractivity contribution in [1.29, 1.82) is 0 Å². The molecule has 1 aromatic heterocycles. The molecule has 0 fully saturated rings. The van der Waals surface area contributed by atoms with E-state index < -0.39 is 11.9 Å². The van der Waals surface area contributed by atoms with Gasteiger partial charge in [-0.05, 0) is 48.7 Å². The molecule has 0 saturated carbocycles. The second-order valence-electron chi connectivity index (χ2n) is 7.34. The van der Waals surface area contributed by atoms with E-state index in [4.69, 9.17) is 19.9 Å². The van der Waals surface area contributed by atoms with Crippen LogP contribution in [0.4, 0.5) is 0 Å². The standard InChI is InChI=1S/C24H24N2O5/c1-4-18-22(16-6-8-17(9-7-16)24(28)29-3)21(23(25)27)14(2)26(18)12-15-5-10-19-20(11-15)31-13-30-19/h5-11H,4,12-13H2,1-3H3,(H2,25,27). The van der Waals surface area contributed by atoms with Gasteiger partial charge in [0, 0.05) is 23.5 Å². The zero-order valence-electron chi connectivity index (χ0n) is 17.7. The smallest absolute Gasteiger partial charge is 0.337 e. The summed E-state index contributed by atoms with van der Waals surface area (Å²) in [5.41, 5.74) is 11.2. The number of amides is 1. The van der Waals surface area contributed by atoms with Gasteiger partial charge in [0.1, 0.15) is 0 Å². The zero-order chi connectivity index (χ0) is 22.1. The number of ether oxygens (including phenoxy) is 3. The molecule has 3 aromatic rings. The maximum Gasteiger partial charge on any atom is 0.337 e. The lowest BCUT2D eigenvalue weighted by Gasteiger charge is -2.13. The fourth-order valence-corrected chi connectivity index (χ4v) is 4.10. The van der Waals surface area contributed by atoms with Gasteiger partial charge in [-0.3, -0.25) is 4.79 Å². The number of methoxy groups -OCH3 is 1. The van der Waals surface area contributed by atoms with E-state index in [0.717, 1.165) is 33.8 Å². The number of nitrogens with zero attached hydrogens (tertiary/aromatic N) is 1. The van der Waals surface area contributed by atoms with E-state index in [-0.39, 0.29) is 6.79 Å². The Kier molecular flexibility index (Phi) is 5.42. The minimum atomic E-state index is -0.483. The monoisotopic (exact) mass is 420 g/mol. The quantitative estimate of drug-likeness (QED) is 0.614. The van der Waals surface area contributed by atoms with Crippen LogP contribution in [-0.4, -0.2) is 30.3 Å². The van der Waals surface area contributed by atoms with Gasteiger partial charge in [-0.1, -0.05) is 25.1 Å². The van der Waals surface area contributed by atoms with Crippen LogP contribution in [0.2, 0.25) is 0 Å². The number of benzene rings is 2. The topological polar surface area (TPSA) is 92.8 Å². The molecule has 0 unspecified atom stereocenters. The molecule has 7 heteroatoms. The number of hydrogen-bond donors (Lipinski definition) is 1. The average Bonchev–Trinajstić information content (AvgIpc) is 3.35. The molecule has 2 aromatic carbocycles. The van der Waals surface area contributed by atoms with Gasteiger partial charge in [0.05, 0.1) is 18.2 Å². The van der Waals surface area contributed by atoms with E-state index in [2.05, 4.69) is 4.57 Å². The van der Waals surface area contributed by atoms with Gasteiger partial charge in [0.2, 0.25) is 6.79 Å². The molecule has 2 heterocycles. The fourth-order valence-electron chi connectivity index (χ4n) is 4.10. The number of primary amides is 1. The first-order valence-electron chi connectivity index (χ1n) is 10.0. The second kappa shape index (κ2) is 8.18. The van der Waals surface area contributed by atoms with Gasteiger partial charge in [0.25, 0.3) is 5.91 Å². The predicted octanol–water partition coefficient (Wildman–Crippen LogP) is 3.69. The van der Waals surface area contributed by atoms with E-state index in [1.54, 1.807) is 12.1 Å². The second-order valence-corrected chi connectivity index (χ2v) is 7.34. The summed E-state index contributed by atoms with van der Waals surface area (Å²) in [7, 11) is 1.34. The zero-order valence-corrected chi connectivity index (χ0v) is 17.7. The van der Waals surface area contributed by atoms with Crippen molar-refractivity contribution in [2.75, 3.05) is 13.9 Å². The average molecular weight is 420 g/mol. The van der Waals surface area contributed by atoms with Crippen molar-refractivity contribution in [1.82, 2.24) is 4.57 Å². The van der Waals surface area contributed by atoms with Gasteiger partial charge in [-0.25, -0.2) is 4.79 Å². The number of fused-ring (bicyclic) bond motifs is 1. The molecule has 4 rings (SSSR count). The first kappa shape index (κ1) is 20.5. The first-order chi connectivity index (χ1) is 14.9. The molecule has 0 atom stereocenters. The lowest BCUT2D eigenvalue weighted by molar-refractivity contribution is 0.0600. The minimum absolute atomic E-state index is 0.221. The van der Waals surface area contributed by atoms with Crippen LogP contribution in [0.1, 0.15) is 44.6 Å². The highest BCUT2D eigenvalue weighted by Crippen LogP contribution is 2.36. The Morgan fingerprint density at radius 1 is 1.10 bits per heavy atom. The number of hydrogen-bond acceptors (Lipinski definition) is 5. The molecule has 0 saturated heterocycles. The Morgan fingerprint density at radius 2 is 1.81 bits per heavy atom. The van der Waals surface area contributed by atoms with Crippen molar-refractivity contribution in [3.8, 4) is 22.6 Å². The summed E-state index contributed by atoms with van der Waals surface area (Å²) in [5, 5.41) is 0. The highest BCUT2D eigenvalue weighted by atomic mass is 16.7. The van der Waals surface area contributed by atoms with Crippen molar-refractivity contribution in [3.63, 3.8) is 0 Å². The van der Waals surface area contributed by atoms with Gasteiger partial charge in [0.15, 0.2) is 11.5 Å². The molecular formula is C24H24N2O5. The van der Waals surface area contributed by atoms with E-state index in [0.29, 0.717) is 29.8 Å². The van der Waals surface area contributed by atoms with Crippen LogP contribution in [0, 0.1) is 6.92 Å². The van der Waals surface area contributed by atoms with E-state index in [1.807, 2.05) is 44.2 Å². The molecule has 1 aliphatic rings. The van der Waals surface area contributed by atoms with Crippen LogP contribution in [-0.2, 0) is 17.7 Å². The third-order valence-corrected chi connectivity index (χ3v) is 5.58. The molecule has 7 nitrogen and oxygen atoms in total. The third-order valence-electron chi connectivity index (χ3n) is 5.58. The number of carbonyl (C=O) groups is 2. The molecule has 160 valence electrons. The molecule has 2 N–H and O–H groups in total. The highest BCUT2D eigenvalue weighted by molar-refractivity contribution is 6.02. The summed E-state index contributed by atoms with van der Waals surface area (Å²) in [5.74, 6) is 0.555. The normalized spacial score (nSPS) is 12.1. The Hall–Kier alpha value is -3.74. The van der Waals surface area contributed by atoms with Crippen molar-refractivity contribution in [2.45, 2.75) is 26.8 Å². The Labute approximate surface area is 180 Å². The summed E-state index contributed by atoms with van der Waals surface area (Å²) >= 11 is 0. The van der Waals surface area contributed by atoms with Crippen LogP contribution < -0.4 is 15.2 Å². The minimum Gasteiger partial charge on any atom is -0.465 e. The molecule has 31 heavy (non-hydrogen) atoms. The van der Waals surface area contributed by atoms with Crippen LogP contribution in [0.25, 0.3) is 11.1 Å². The van der Waals surface area contributed by atoms with Crippen molar-refractivity contribution >= 4 is 11.9 Å². The molecule has 1 aliphatic heterocycles. The van der Waals surface area contributed by atoms with E-state index in [9.17, 15) is 9.59 Å². The fraction of sp³-hybridized carbons (Fsp3) is 0.250. The predicted molar refractivity (Wildman–Crippen MR) is 116 cm³/mol. The number of nitrogens with two attached hydrogens (primary N) is 1. The first-order valence-corrected chi connectivity index (χ1v) is 10.0. The number of carbonyl (C=O) groups excluding carboxylic acids is 2. The Morgan fingerprint density at radius 3 is 2.45 bits per heavy atom. The van der Waals surface area contributed by atoms with Gasteiger partial charge in [-0.2, -0.15) is 0 Å². The third kappa shape index (κ3) is 3.63. The van der Waals surface area contributed by atoms with Crippen LogP contribution in [0.15, 0.2) is 42.5 Å².